The summed E-state index contributed by atoms with van der Waals surface area (Å²) in [5.74, 6) is 0.922. The van der Waals surface area contributed by atoms with Crippen molar-refractivity contribution in [1.82, 2.24) is 10.6 Å². The van der Waals surface area contributed by atoms with E-state index >= 15 is 0 Å². The van der Waals surface area contributed by atoms with Crippen molar-refractivity contribution in [2.45, 2.75) is 83.5 Å². The van der Waals surface area contributed by atoms with Gasteiger partial charge in [0.2, 0.25) is 0 Å². The summed E-state index contributed by atoms with van der Waals surface area (Å²) in [6, 6.07) is 4.31. The predicted molar refractivity (Wildman–Crippen MR) is 90.3 cm³/mol. The van der Waals surface area contributed by atoms with Gasteiger partial charge in [-0.1, -0.05) is 19.3 Å². The Morgan fingerprint density at radius 1 is 1.26 bits per heavy atom. The molecule has 0 aliphatic heterocycles. The number of carbonyl (C=O) groups excluding carboxylic acids is 1. The number of ether oxygens (including phenoxy) is 1. The lowest BCUT2D eigenvalue weighted by Crippen LogP contribution is -2.51. The Balaban J connectivity index is 1.97. The molecule has 23 heavy (non-hydrogen) atoms. The Kier molecular flexibility index (Phi) is 6.10. The predicted octanol–water partition coefficient (Wildman–Crippen LogP) is 4.16. The second-order valence-electron chi connectivity index (χ2n) is 7.40. The van der Waals surface area contributed by atoms with Crippen LogP contribution >= 0.6 is 0 Å². The van der Waals surface area contributed by atoms with E-state index in [1.807, 2.05) is 32.9 Å². The Hall–Kier alpha value is -1.49. The second-order valence-corrected chi connectivity index (χ2v) is 7.40. The molecule has 3 unspecified atom stereocenters. The van der Waals surface area contributed by atoms with Gasteiger partial charge in [0.15, 0.2) is 0 Å². The van der Waals surface area contributed by atoms with Gasteiger partial charge in [0, 0.05) is 12.1 Å². The maximum Gasteiger partial charge on any atom is 0.407 e. The summed E-state index contributed by atoms with van der Waals surface area (Å²) in [6.45, 7) is 7.74. The van der Waals surface area contributed by atoms with Gasteiger partial charge in [0.25, 0.3) is 0 Å². The summed E-state index contributed by atoms with van der Waals surface area (Å²) in [5, 5.41) is 6.68. The number of amides is 1. The van der Waals surface area contributed by atoms with Crippen LogP contribution in [-0.4, -0.2) is 23.8 Å². The second kappa shape index (κ2) is 7.86. The third-order valence-electron chi connectivity index (χ3n) is 4.15. The maximum atomic E-state index is 12.1. The van der Waals surface area contributed by atoms with Gasteiger partial charge in [-0.3, -0.25) is 0 Å². The molecule has 1 saturated carbocycles. The molecule has 1 heterocycles. The minimum absolute atomic E-state index is 0.0877. The first-order chi connectivity index (χ1) is 10.8. The molecule has 2 N–H and O–H groups in total. The van der Waals surface area contributed by atoms with Crippen LogP contribution in [0.4, 0.5) is 4.79 Å². The largest absolute Gasteiger partial charge is 0.468 e. The lowest BCUT2D eigenvalue weighted by Gasteiger charge is -2.30. The van der Waals surface area contributed by atoms with Crippen molar-refractivity contribution < 1.29 is 13.9 Å². The van der Waals surface area contributed by atoms with E-state index in [0.29, 0.717) is 0 Å². The molecule has 130 valence electrons. The van der Waals surface area contributed by atoms with Crippen molar-refractivity contribution in [2.75, 3.05) is 0 Å². The first kappa shape index (κ1) is 17.9. The minimum Gasteiger partial charge on any atom is -0.468 e. The molecule has 0 saturated heterocycles. The first-order valence-electron chi connectivity index (χ1n) is 8.64. The molecule has 1 amide bonds. The fraction of sp³-hybridized carbons (Fsp3) is 0.722. The highest BCUT2D eigenvalue weighted by Gasteiger charge is 2.28. The maximum absolute atomic E-state index is 12.1. The minimum atomic E-state index is -0.473. The van der Waals surface area contributed by atoms with Gasteiger partial charge in [0.1, 0.15) is 11.4 Å². The van der Waals surface area contributed by atoms with Crippen molar-refractivity contribution in [2.24, 2.45) is 0 Å². The van der Waals surface area contributed by atoms with Gasteiger partial charge < -0.3 is 19.8 Å². The topological polar surface area (TPSA) is 63.5 Å². The van der Waals surface area contributed by atoms with Crippen molar-refractivity contribution in [3.63, 3.8) is 0 Å². The van der Waals surface area contributed by atoms with Gasteiger partial charge in [0.05, 0.1) is 12.3 Å². The normalized spacial score (nSPS) is 23.8. The van der Waals surface area contributed by atoms with Crippen LogP contribution in [-0.2, 0) is 4.74 Å². The molecule has 0 bridgehead atoms. The molecule has 5 heteroatoms. The average molecular weight is 322 g/mol. The van der Waals surface area contributed by atoms with E-state index in [4.69, 9.17) is 9.15 Å². The third-order valence-corrected chi connectivity index (χ3v) is 4.15. The number of hydrogen-bond acceptors (Lipinski definition) is 4. The highest BCUT2D eigenvalue weighted by molar-refractivity contribution is 5.68. The zero-order valence-electron chi connectivity index (χ0n) is 14.7. The molecule has 5 nitrogen and oxygen atoms in total. The molecule has 1 aliphatic carbocycles. The van der Waals surface area contributed by atoms with E-state index in [1.165, 1.54) is 12.8 Å². The third kappa shape index (κ3) is 5.90. The smallest absolute Gasteiger partial charge is 0.407 e. The van der Waals surface area contributed by atoms with Gasteiger partial charge in [-0.25, -0.2) is 4.79 Å². The van der Waals surface area contributed by atoms with Crippen LogP contribution in [0.25, 0.3) is 0 Å². The Bertz CT molecular complexity index is 479. The van der Waals surface area contributed by atoms with Crippen LogP contribution in [0.5, 0.6) is 0 Å². The van der Waals surface area contributed by atoms with Crippen LogP contribution in [0, 0.1) is 0 Å². The SMILES string of the molecule is CC(NC1CCCCCC1NC(=O)OC(C)(C)C)c1ccco1. The highest BCUT2D eigenvalue weighted by atomic mass is 16.6. The molecule has 0 radical (unpaired) electrons. The summed E-state index contributed by atoms with van der Waals surface area (Å²) in [4.78, 5) is 12.1. The van der Waals surface area contributed by atoms with Gasteiger partial charge in [-0.15, -0.1) is 0 Å². The van der Waals surface area contributed by atoms with E-state index in [9.17, 15) is 4.79 Å². The number of furan rings is 1. The Morgan fingerprint density at radius 3 is 2.57 bits per heavy atom. The summed E-state index contributed by atoms with van der Waals surface area (Å²) >= 11 is 0. The van der Waals surface area contributed by atoms with Crippen LogP contribution in [0.3, 0.4) is 0 Å². The number of carbonyl (C=O) groups is 1. The summed E-state index contributed by atoms with van der Waals surface area (Å²) < 4.78 is 10.9. The van der Waals surface area contributed by atoms with Crippen LogP contribution in [0.15, 0.2) is 22.8 Å². The van der Waals surface area contributed by atoms with Gasteiger partial charge in [-0.2, -0.15) is 0 Å². The molecular formula is C18H30N2O3. The zero-order valence-corrected chi connectivity index (χ0v) is 14.7. The van der Waals surface area contributed by atoms with E-state index in [1.54, 1.807) is 6.26 Å². The molecule has 0 aromatic carbocycles. The van der Waals surface area contributed by atoms with Gasteiger partial charge >= 0.3 is 6.09 Å². The quantitative estimate of drug-likeness (QED) is 0.817. The van der Waals surface area contributed by atoms with E-state index in [0.717, 1.165) is 25.0 Å². The molecule has 1 aromatic heterocycles. The lowest BCUT2D eigenvalue weighted by molar-refractivity contribution is 0.0488. The van der Waals surface area contributed by atoms with Gasteiger partial charge in [-0.05, 0) is 52.7 Å². The number of hydrogen-bond donors (Lipinski definition) is 2. The number of nitrogens with one attached hydrogen (secondary N) is 2. The van der Waals surface area contributed by atoms with E-state index in [-0.39, 0.29) is 24.2 Å². The Morgan fingerprint density at radius 2 is 1.96 bits per heavy atom. The summed E-state index contributed by atoms with van der Waals surface area (Å²) in [5.41, 5.74) is -0.473. The molecule has 1 aliphatic rings. The molecular weight excluding hydrogens is 292 g/mol. The molecule has 1 fully saturated rings. The Labute approximate surface area is 139 Å². The van der Waals surface area contributed by atoms with E-state index < -0.39 is 5.60 Å². The number of rotatable bonds is 4. The number of alkyl carbamates (subject to hydrolysis) is 1. The molecule has 0 spiro atoms. The van der Waals surface area contributed by atoms with Crippen LogP contribution in [0.1, 0.15) is 71.6 Å². The van der Waals surface area contributed by atoms with Crippen molar-refractivity contribution in [3.05, 3.63) is 24.2 Å². The van der Waals surface area contributed by atoms with Crippen LogP contribution in [0.2, 0.25) is 0 Å². The van der Waals surface area contributed by atoms with Crippen molar-refractivity contribution >= 4 is 6.09 Å². The fourth-order valence-electron chi connectivity index (χ4n) is 3.08. The molecule has 1 aromatic rings. The van der Waals surface area contributed by atoms with Crippen molar-refractivity contribution in [3.8, 4) is 0 Å². The van der Waals surface area contributed by atoms with Crippen molar-refractivity contribution in [1.29, 1.82) is 0 Å². The summed E-state index contributed by atoms with van der Waals surface area (Å²) in [6.07, 6.45) is 6.90. The van der Waals surface area contributed by atoms with Crippen LogP contribution < -0.4 is 10.6 Å². The summed E-state index contributed by atoms with van der Waals surface area (Å²) in [7, 11) is 0. The lowest BCUT2D eigenvalue weighted by atomic mass is 10.0. The average Bonchev–Trinajstić information content (AvgIpc) is 2.89. The molecule has 2 rings (SSSR count). The monoisotopic (exact) mass is 322 g/mol. The van der Waals surface area contributed by atoms with E-state index in [2.05, 4.69) is 17.6 Å². The zero-order chi connectivity index (χ0) is 16.9. The fourth-order valence-corrected chi connectivity index (χ4v) is 3.08. The first-order valence-corrected chi connectivity index (χ1v) is 8.64. The highest BCUT2D eigenvalue weighted by Crippen LogP contribution is 2.22. The molecule has 3 atom stereocenters. The standard InChI is InChI=1S/C18H30N2O3/c1-13(16-11-8-12-22-16)19-14-9-6-5-7-10-15(14)20-17(21)23-18(2,3)4/h8,11-15,19H,5-7,9-10H2,1-4H3,(H,20,21).